The van der Waals surface area contributed by atoms with Gasteiger partial charge in [-0.25, -0.2) is 8.42 Å². The molecule has 1 aliphatic rings. The first-order valence-electron chi connectivity index (χ1n) is 8.88. The SMILES string of the molecule is CCc1ccc(NC(=O)c2ccc(C(=O)NC3CCS(=O)(=O)C3)cc2)cc1. The molecular weight excluding hydrogens is 364 g/mol. The molecule has 2 N–H and O–H groups in total. The van der Waals surface area contributed by atoms with Crippen molar-refractivity contribution in [3.05, 3.63) is 65.2 Å². The van der Waals surface area contributed by atoms with Crippen LogP contribution in [0.15, 0.2) is 48.5 Å². The molecule has 2 aromatic carbocycles. The molecule has 142 valence electrons. The van der Waals surface area contributed by atoms with Gasteiger partial charge < -0.3 is 10.6 Å². The van der Waals surface area contributed by atoms with Crippen molar-refractivity contribution in [2.45, 2.75) is 25.8 Å². The first-order chi connectivity index (χ1) is 12.9. The smallest absolute Gasteiger partial charge is 0.255 e. The molecule has 3 rings (SSSR count). The zero-order valence-electron chi connectivity index (χ0n) is 15.1. The summed E-state index contributed by atoms with van der Waals surface area (Å²) in [5, 5.41) is 5.55. The van der Waals surface area contributed by atoms with Crippen LogP contribution >= 0.6 is 0 Å². The molecule has 1 heterocycles. The van der Waals surface area contributed by atoms with E-state index in [0.29, 0.717) is 23.2 Å². The topological polar surface area (TPSA) is 92.3 Å². The zero-order valence-corrected chi connectivity index (χ0v) is 15.9. The normalized spacial score (nSPS) is 18.0. The third-order valence-electron chi connectivity index (χ3n) is 4.60. The van der Waals surface area contributed by atoms with Crippen molar-refractivity contribution in [3.63, 3.8) is 0 Å². The Labute approximate surface area is 158 Å². The molecule has 1 unspecified atom stereocenters. The van der Waals surface area contributed by atoms with Gasteiger partial charge in [-0.2, -0.15) is 0 Å². The van der Waals surface area contributed by atoms with Crippen molar-refractivity contribution in [3.8, 4) is 0 Å². The summed E-state index contributed by atoms with van der Waals surface area (Å²) in [5.41, 5.74) is 2.73. The minimum atomic E-state index is -3.04. The van der Waals surface area contributed by atoms with Crippen molar-refractivity contribution in [1.29, 1.82) is 0 Å². The van der Waals surface area contributed by atoms with Gasteiger partial charge >= 0.3 is 0 Å². The molecule has 0 aromatic heterocycles. The Morgan fingerprint density at radius 1 is 0.963 bits per heavy atom. The van der Waals surface area contributed by atoms with Gasteiger partial charge in [-0.15, -0.1) is 0 Å². The number of carbonyl (C=O) groups is 2. The predicted molar refractivity (Wildman–Crippen MR) is 105 cm³/mol. The lowest BCUT2D eigenvalue weighted by molar-refractivity contribution is 0.0939. The fraction of sp³-hybridized carbons (Fsp3) is 0.300. The van der Waals surface area contributed by atoms with Crippen LogP contribution in [0.3, 0.4) is 0 Å². The van der Waals surface area contributed by atoms with Gasteiger partial charge in [0.15, 0.2) is 9.84 Å². The van der Waals surface area contributed by atoms with Gasteiger partial charge in [-0.05, 0) is 54.8 Å². The van der Waals surface area contributed by atoms with Gasteiger partial charge in [0.2, 0.25) is 0 Å². The number of carbonyl (C=O) groups excluding carboxylic acids is 2. The lowest BCUT2D eigenvalue weighted by Crippen LogP contribution is -2.35. The molecule has 2 amide bonds. The van der Waals surface area contributed by atoms with E-state index in [9.17, 15) is 18.0 Å². The molecule has 1 aliphatic heterocycles. The van der Waals surface area contributed by atoms with Crippen LogP contribution in [-0.2, 0) is 16.3 Å². The maximum atomic E-state index is 12.3. The second-order valence-electron chi connectivity index (χ2n) is 6.66. The molecule has 7 heteroatoms. The number of sulfone groups is 1. The van der Waals surface area contributed by atoms with E-state index < -0.39 is 9.84 Å². The molecule has 0 saturated carbocycles. The van der Waals surface area contributed by atoms with E-state index >= 15 is 0 Å². The summed E-state index contributed by atoms with van der Waals surface area (Å²) in [6, 6.07) is 13.6. The standard InChI is InChI=1S/C20H22N2O4S/c1-2-14-3-9-17(10-4-14)21-19(23)15-5-7-16(8-6-15)20(24)22-18-11-12-27(25,26)13-18/h3-10,18H,2,11-13H2,1H3,(H,21,23)(H,22,24). The minimum absolute atomic E-state index is 0.0178. The second kappa shape index (κ2) is 7.92. The summed E-state index contributed by atoms with van der Waals surface area (Å²) in [5.74, 6) is -0.501. The molecule has 2 aromatic rings. The Bertz CT molecular complexity index is 935. The van der Waals surface area contributed by atoms with E-state index in [-0.39, 0.29) is 29.4 Å². The Balaban J connectivity index is 1.60. The van der Waals surface area contributed by atoms with Crippen molar-refractivity contribution in [2.24, 2.45) is 0 Å². The third kappa shape index (κ3) is 4.95. The fourth-order valence-corrected chi connectivity index (χ4v) is 4.65. The molecular formula is C20H22N2O4S. The molecule has 0 radical (unpaired) electrons. The van der Waals surface area contributed by atoms with Crippen molar-refractivity contribution < 1.29 is 18.0 Å². The maximum absolute atomic E-state index is 12.3. The summed E-state index contributed by atoms with van der Waals surface area (Å²) >= 11 is 0. The minimum Gasteiger partial charge on any atom is -0.348 e. The molecule has 1 fully saturated rings. The fourth-order valence-electron chi connectivity index (χ4n) is 2.98. The summed E-state index contributed by atoms with van der Waals surface area (Å²) < 4.78 is 22.9. The predicted octanol–water partition coefficient (Wildman–Crippen LogP) is 2.42. The van der Waals surface area contributed by atoms with Crippen LogP contribution in [0.4, 0.5) is 5.69 Å². The summed E-state index contributed by atoms with van der Waals surface area (Å²) in [6.07, 6.45) is 1.37. The van der Waals surface area contributed by atoms with Gasteiger partial charge in [0.05, 0.1) is 11.5 Å². The highest BCUT2D eigenvalue weighted by Gasteiger charge is 2.29. The zero-order chi connectivity index (χ0) is 19.4. The average Bonchev–Trinajstić information content (AvgIpc) is 3.00. The molecule has 27 heavy (non-hydrogen) atoms. The molecule has 0 aliphatic carbocycles. The molecule has 1 saturated heterocycles. The first-order valence-corrected chi connectivity index (χ1v) is 10.7. The van der Waals surface area contributed by atoms with Gasteiger partial charge in [-0.1, -0.05) is 19.1 Å². The van der Waals surface area contributed by atoms with Crippen LogP contribution < -0.4 is 10.6 Å². The highest BCUT2D eigenvalue weighted by Crippen LogP contribution is 2.14. The summed E-state index contributed by atoms with van der Waals surface area (Å²) in [6.45, 7) is 2.07. The van der Waals surface area contributed by atoms with E-state index in [2.05, 4.69) is 17.6 Å². The number of nitrogens with one attached hydrogen (secondary N) is 2. The second-order valence-corrected chi connectivity index (χ2v) is 8.88. The van der Waals surface area contributed by atoms with Crippen LogP contribution in [0.1, 0.15) is 39.6 Å². The van der Waals surface area contributed by atoms with Gasteiger partial charge in [0.1, 0.15) is 0 Å². The quantitative estimate of drug-likeness (QED) is 0.825. The van der Waals surface area contributed by atoms with Crippen molar-refractivity contribution >= 4 is 27.3 Å². The Hall–Kier alpha value is -2.67. The Morgan fingerprint density at radius 3 is 2.07 bits per heavy atom. The van der Waals surface area contributed by atoms with E-state index in [1.54, 1.807) is 24.3 Å². The van der Waals surface area contributed by atoms with Crippen LogP contribution in [0.5, 0.6) is 0 Å². The lowest BCUT2D eigenvalue weighted by Gasteiger charge is -2.11. The first kappa shape index (κ1) is 19.1. The van der Waals surface area contributed by atoms with Gasteiger partial charge in [0.25, 0.3) is 11.8 Å². The van der Waals surface area contributed by atoms with Gasteiger partial charge in [-0.3, -0.25) is 9.59 Å². The summed E-state index contributed by atoms with van der Waals surface area (Å²) in [4.78, 5) is 24.6. The Morgan fingerprint density at radius 2 is 1.56 bits per heavy atom. The molecule has 0 spiro atoms. The van der Waals surface area contributed by atoms with E-state index in [1.165, 1.54) is 5.56 Å². The highest BCUT2D eigenvalue weighted by molar-refractivity contribution is 7.91. The van der Waals surface area contributed by atoms with E-state index in [1.807, 2.05) is 24.3 Å². The molecule has 1 atom stereocenters. The average molecular weight is 386 g/mol. The maximum Gasteiger partial charge on any atom is 0.255 e. The molecule has 0 bridgehead atoms. The summed E-state index contributed by atoms with van der Waals surface area (Å²) in [7, 11) is -3.04. The monoisotopic (exact) mass is 386 g/mol. The molecule has 6 nitrogen and oxygen atoms in total. The third-order valence-corrected chi connectivity index (χ3v) is 6.36. The van der Waals surface area contributed by atoms with Crippen molar-refractivity contribution in [1.82, 2.24) is 5.32 Å². The van der Waals surface area contributed by atoms with Gasteiger partial charge in [0, 0.05) is 22.9 Å². The number of benzene rings is 2. The number of rotatable bonds is 5. The highest BCUT2D eigenvalue weighted by atomic mass is 32.2. The van der Waals surface area contributed by atoms with E-state index in [4.69, 9.17) is 0 Å². The van der Waals surface area contributed by atoms with Crippen molar-refractivity contribution in [2.75, 3.05) is 16.8 Å². The lowest BCUT2D eigenvalue weighted by atomic mass is 10.1. The van der Waals surface area contributed by atoms with Crippen LogP contribution in [0.25, 0.3) is 0 Å². The van der Waals surface area contributed by atoms with E-state index in [0.717, 1.165) is 6.42 Å². The number of hydrogen-bond acceptors (Lipinski definition) is 4. The largest absolute Gasteiger partial charge is 0.348 e. The van der Waals surface area contributed by atoms with Crippen LogP contribution in [0, 0.1) is 0 Å². The van der Waals surface area contributed by atoms with Crippen LogP contribution in [0.2, 0.25) is 0 Å². The van der Waals surface area contributed by atoms with Crippen LogP contribution in [-0.4, -0.2) is 37.8 Å². The number of amides is 2. The number of hydrogen-bond donors (Lipinski definition) is 2. The Kier molecular flexibility index (Phi) is 5.60. The number of aryl methyl sites for hydroxylation is 1. The number of anilines is 1.